The number of halogens is 3. The molecule has 0 radical (unpaired) electrons. The zero-order chi connectivity index (χ0) is 16.7. The molecular formula is C16H17F3N2O2. The molecule has 23 heavy (non-hydrogen) atoms. The Morgan fingerprint density at radius 2 is 1.91 bits per heavy atom. The second kappa shape index (κ2) is 5.63. The summed E-state index contributed by atoms with van der Waals surface area (Å²) in [4.78, 5) is 12.6. The molecule has 1 aliphatic heterocycles. The second-order valence-electron chi connectivity index (χ2n) is 6.00. The van der Waals surface area contributed by atoms with E-state index in [9.17, 15) is 23.1 Å². The van der Waals surface area contributed by atoms with E-state index in [1.54, 1.807) is 18.2 Å². The highest BCUT2D eigenvalue weighted by Gasteiger charge is 2.59. The minimum atomic E-state index is -4.66. The zero-order valence-corrected chi connectivity index (χ0v) is 12.4. The molecule has 1 fully saturated rings. The first-order valence-corrected chi connectivity index (χ1v) is 7.62. The quantitative estimate of drug-likeness (QED) is 0.860. The summed E-state index contributed by atoms with van der Waals surface area (Å²) < 4.78 is 39.9. The van der Waals surface area contributed by atoms with Crippen LogP contribution in [-0.2, 0) is 0 Å². The Labute approximate surface area is 131 Å². The molecule has 1 amide bonds. The monoisotopic (exact) mass is 326 g/mol. The first-order chi connectivity index (χ1) is 10.8. The maximum absolute atomic E-state index is 13.3. The molecule has 7 heteroatoms. The lowest BCUT2D eigenvalue weighted by atomic mass is 9.87. The average Bonchev–Trinajstić information content (AvgIpc) is 2.67. The van der Waals surface area contributed by atoms with Crippen molar-refractivity contribution >= 4 is 11.6 Å². The van der Waals surface area contributed by atoms with Crippen LogP contribution in [0.3, 0.4) is 0 Å². The molecule has 2 aliphatic rings. The average molecular weight is 326 g/mol. The molecule has 4 nitrogen and oxygen atoms in total. The number of aliphatic hydroxyl groups is 1. The summed E-state index contributed by atoms with van der Waals surface area (Å²) in [6.07, 6.45) is -2.51. The van der Waals surface area contributed by atoms with Crippen LogP contribution in [0, 0.1) is 5.92 Å². The van der Waals surface area contributed by atoms with Gasteiger partial charge < -0.3 is 5.11 Å². The number of rotatable bonds is 1. The lowest BCUT2D eigenvalue weighted by Crippen LogP contribution is -2.51. The third kappa shape index (κ3) is 2.73. The van der Waals surface area contributed by atoms with Gasteiger partial charge in [0.2, 0.25) is 0 Å². The number of hydrogen-bond donors (Lipinski definition) is 1. The van der Waals surface area contributed by atoms with Gasteiger partial charge in [-0.3, -0.25) is 4.79 Å². The maximum Gasteiger partial charge on any atom is 0.431 e. The van der Waals surface area contributed by atoms with Crippen LogP contribution in [0.4, 0.5) is 13.2 Å². The Kier molecular flexibility index (Phi) is 3.91. The number of hydrazone groups is 1. The van der Waals surface area contributed by atoms with Crippen LogP contribution in [0.5, 0.6) is 0 Å². The van der Waals surface area contributed by atoms with Crippen molar-refractivity contribution in [3.63, 3.8) is 0 Å². The molecule has 1 aliphatic carbocycles. The van der Waals surface area contributed by atoms with Crippen molar-refractivity contribution < 1.29 is 23.1 Å². The number of amides is 1. The first kappa shape index (κ1) is 16.0. The number of carbonyl (C=O) groups is 1. The molecule has 2 atom stereocenters. The Balaban J connectivity index is 2.03. The van der Waals surface area contributed by atoms with Gasteiger partial charge >= 0.3 is 6.18 Å². The van der Waals surface area contributed by atoms with Gasteiger partial charge in [0, 0.05) is 5.56 Å². The van der Waals surface area contributed by atoms with E-state index in [4.69, 9.17) is 0 Å². The predicted molar refractivity (Wildman–Crippen MR) is 77.6 cm³/mol. The van der Waals surface area contributed by atoms with Crippen LogP contribution in [0.1, 0.15) is 42.5 Å². The summed E-state index contributed by atoms with van der Waals surface area (Å²) in [5, 5.41) is 15.1. The van der Waals surface area contributed by atoms with Gasteiger partial charge in [-0.05, 0) is 31.4 Å². The fraction of sp³-hybridized carbons (Fsp3) is 0.500. The van der Waals surface area contributed by atoms with Crippen molar-refractivity contribution in [1.29, 1.82) is 0 Å². The number of nitrogens with zero attached hydrogens (tertiary/aromatic N) is 2. The molecule has 1 aromatic rings. The van der Waals surface area contributed by atoms with E-state index in [2.05, 4.69) is 5.10 Å². The standard InChI is InChI=1S/C16H17F3N2O2/c17-16(18,19)13-12-9-5-2-6-10-15(12,23)21(20-13)14(22)11-7-3-1-4-8-11/h1,3-4,7-8,12,23H,2,5-6,9-10H2. The van der Waals surface area contributed by atoms with Crippen LogP contribution in [0.2, 0.25) is 0 Å². The molecule has 1 N–H and O–H groups in total. The Morgan fingerprint density at radius 1 is 1.22 bits per heavy atom. The van der Waals surface area contributed by atoms with E-state index in [0.717, 1.165) is 6.42 Å². The second-order valence-corrected chi connectivity index (χ2v) is 6.00. The number of fused-ring (bicyclic) bond motifs is 1. The minimum Gasteiger partial charge on any atom is -0.368 e. The highest BCUT2D eigenvalue weighted by Crippen LogP contribution is 2.45. The number of alkyl halides is 3. The minimum absolute atomic E-state index is 0.0965. The fourth-order valence-electron chi connectivity index (χ4n) is 3.37. The van der Waals surface area contributed by atoms with E-state index >= 15 is 0 Å². The molecule has 0 aromatic heterocycles. The zero-order valence-electron chi connectivity index (χ0n) is 12.4. The fourth-order valence-corrected chi connectivity index (χ4v) is 3.37. The van der Waals surface area contributed by atoms with Crippen molar-refractivity contribution in [3.05, 3.63) is 35.9 Å². The van der Waals surface area contributed by atoms with Crippen LogP contribution >= 0.6 is 0 Å². The SMILES string of the molecule is O=C(c1ccccc1)N1N=C(C(F)(F)F)C2CCCCCC21O. The Bertz CT molecular complexity index is 630. The van der Waals surface area contributed by atoms with E-state index in [-0.39, 0.29) is 18.4 Å². The van der Waals surface area contributed by atoms with Gasteiger partial charge in [-0.2, -0.15) is 23.3 Å². The lowest BCUT2D eigenvalue weighted by molar-refractivity contribution is -0.108. The van der Waals surface area contributed by atoms with E-state index in [1.807, 2.05) is 0 Å². The van der Waals surface area contributed by atoms with E-state index in [0.29, 0.717) is 17.9 Å². The molecule has 1 aromatic carbocycles. The normalized spacial score (nSPS) is 28.1. The van der Waals surface area contributed by atoms with Crippen molar-refractivity contribution in [1.82, 2.24) is 5.01 Å². The molecule has 2 unspecified atom stereocenters. The Hall–Kier alpha value is -1.89. The number of hydrogen-bond acceptors (Lipinski definition) is 3. The summed E-state index contributed by atoms with van der Waals surface area (Å²) in [6.45, 7) is 0. The van der Waals surface area contributed by atoms with Crippen LogP contribution in [0.15, 0.2) is 35.4 Å². The molecule has 0 spiro atoms. The van der Waals surface area contributed by atoms with Crippen molar-refractivity contribution in [2.45, 2.75) is 44.0 Å². The van der Waals surface area contributed by atoms with Crippen molar-refractivity contribution in [3.8, 4) is 0 Å². The van der Waals surface area contributed by atoms with Gasteiger partial charge in [-0.25, -0.2) is 0 Å². The largest absolute Gasteiger partial charge is 0.431 e. The smallest absolute Gasteiger partial charge is 0.368 e. The summed E-state index contributed by atoms with van der Waals surface area (Å²) in [6, 6.07) is 7.93. The molecule has 124 valence electrons. The maximum atomic E-state index is 13.3. The van der Waals surface area contributed by atoms with Gasteiger partial charge in [0.05, 0.1) is 5.92 Å². The molecule has 0 saturated heterocycles. The highest BCUT2D eigenvalue weighted by atomic mass is 19.4. The summed E-state index contributed by atoms with van der Waals surface area (Å²) in [7, 11) is 0. The van der Waals surface area contributed by atoms with Crippen LogP contribution in [-0.4, -0.2) is 33.6 Å². The van der Waals surface area contributed by atoms with Crippen molar-refractivity contribution in [2.24, 2.45) is 11.0 Å². The number of carbonyl (C=O) groups excluding carboxylic acids is 1. The molecule has 0 bridgehead atoms. The van der Waals surface area contributed by atoms with E-state index in [1.165, 1.54) is 12.1 Å². The third-order valence-corrected chi connectivity index (χ3v) is 4.50. The van der Waals surface area contributed by atoms with Gasteiger partial charge in [0.15, 0.2) is 5.72 Å². The summed E-state index contributed by atoms with van der Waals surface area (Å²) in [5.74, 6) is -1.89. The third-order valence-electron chi connectivity index (χ3n) is 4.50. The van der Waals surface area contributed by atoms with Gasteiger partial charge in [0.25, 0.3) is 5.91 Å². The van der Waals surface area contributed by atoms with E-state index < -0.39 is 29.4 Å². The molecule has 1 heterocycles. The van der Waals surface area contributed by atoms with Gasteiger partial charge in [-0.1, -0.05) is 31.0 Å². The topological polar surface area (TPSA) is 52.9 Å². The highest BCUT2D eigenvalue weighted by molar-refractivity contribution is 6.00. The summed E-state index contributed by atoms with van der Waals surface area (Å²) >= 11 is 0. The summed E-state index contributed by atoms with van der Waals surface area (Å²) in [5.41, 5.74) is -2.74. The Morgan fingerprint density at radius 3 is 2.57 bits per heavy atom. The van der Waals surface area contributed by atoms with Crippen LogP contribution < -0.4 is 0 Å². The van der Waals surface area contributed by atoms with Crippen molar-refractivity contribution in [2.75, 3.05) is 0 Å². The van der Waals surface area contributed by atoms with Crippen LogP contribution in [0.25, 0.3) is 0 Å². The molecule has 1 saturated carbocycles. The predicted octanol–water partition coefficient (Wildman–Crippen LogP) is 3.33. The first-order valence-electron chi connectivity index (χ1n) is 7.62. The number of benzene rings is 1. The molecular weight excluding hydrogens is 309 g/mol. The van der Waals surface area contributed by atoms with Gasteiger partial charge in [0.1, 0.15) is 5.71 Å². The lowest BCUT2D eigenvalue weighted by Gasteiger charge is -2.35. The molecule has 3 rings (SSSR count). The van der Waals surface area contributed by atoms with Gasteiger partial charge in [-0.15, -0.1) is 0 Å².